The van der Waals surface area contributed by atoms with Crippen molar-refractivity contribution < 1.29 is 0 Å². The van der Waals surface area contributed by atoms with Crippen molar-refractivity contribution >= 4 is 6.21 Å². The maximum absolute atomic E-state index is 5.30. The van der Waals surface area contributed by atoms with Crippen LogP contribution in [0.15, 0.2) is 72.2 Å². The van der Waals surface area contributed by atoms with E-state index in [2.05, 4.69) is 80.4 Å². The third-order valence-corrected chi connectivity index (χ3v) is 7.33. The van der Waals surface area contributed by atoms with E-state index in [4.69, 9.17) is 4.99 Å². The van der Waals surface area contributed by atoms with Crippen molar-refractivity contribution in [2.24, 2.45) is 16.3 Å². The normalized spacial score (nSPS) is 26.8. The third kappa shape index (κ3) is 4.10. The molecular weight excluding hydrogens is 350 g/mol. The summed E-state index contributed by atoms with van der Waals surface area (Å²) in [5.74, 6) is 1.36. The number of benzene rings is 2. The Morgan fingerprint density at radius 3 is 2.72 bits per heavy atom. The van der Waals surface area contributed by atoms with Gasteiger partial charge in [0.25, 0.3) is 0 Å². The van der Waals surface area contributed by atoms with Gasteiger partial charge in [0.15, 0.2) is 0 Å². The monoisotopic (exact) mass is 385 g/mol. The summed E-state index contributed by atoms with van der Waals surface area (Å²) in [6.07, 6.45) is 14.2. The number of fused-ring (bicyclic) bond motifs is 3. The first kappa shape index (κ1) is 20.1. The first-order chi connectivity index (χ1) is 14.3. The summed E-state index contributed by atoms with van der Waals surface area (Å²) in [5.41, 5.74) is 4.68. The number of nitrogens with zero attached hydrogens (tertiary/aromatic N) is 1. The molecule has 1 unspecified atom stereocenters. The molecule has 1 fully saturated rings. The van der Waals surface area contributed by atoms with Crippen LogP contribution >= 0.6 is 0 Å². The number of hydrogen-bond acceptors (Lipinski definition) is 1. The fourth-order valence-corrected chi connectivity index (χ4v) is 5.85. The summed E-state index contributed by atoms with van der Waals surface area (Å²) in [6.45, 7) is 6.41. The molecule has 29 heavy (non-hydrogen) atoms. The molecule has 1 saturated carbocycles. The van der Waals surface area contributed by atoms with Crippen LogP contribution in [0.3, 0.4) is 0 Å². The summed E-state index contributed by atoms with van der Waals surface area (Å²) in [5, 5.41) is 0. The molecule has 0 aliphatic heterocycles. The van der Waals surface area contributed by atoms with Gasteiger partial charge in [-0.2, -0.15) is 0 Å². The third-order valence-electron chi connectivity index (χ3n) is 7.33. The van der Waals surface area contributed by atoms with Gasteiger partial charge in [0.1, 0.15) is 0 Å². The van der Waals surface area contributed by atoms with Crippen molar-refractivity contribution in [1.29, 1.82) is 0 Å². The van der Waals surface area contributed by atoms with Crippen LogP contribution in [0.2, 0.25) is 0 Å². The van der Waals surface area contributed by atoms with E-state index in [-0.39, 0.29) is 11.5 Å². The van der Waals surface area contributed by atoms with Crippen LogP contribution in [-0.4, -0.2) is 6.21 Å². The molecule has 0 heterocycles. The minimum atomic E-state index is 0.156. The largest absolute Gasteiger partial charge is 0.289 e. The Morgan fingerprint density at radius 1 is 1.14 bits per heavy atom. The van der Waals surface area contributed by atoms with Crippen molar-refractivity contribution in [1.82, 2.24) is 0 Å². The summed E-state index contributed by atoms with van der Waals surface area (Å²) in [7, 11) is 0. The number of rotatable bonds is 8. The van der Waals surface area contributed by atoms with Crippen molar-refractivity contribution in [2.75, 3.05) is 0 Å². The molecule has 2 aromatic rings. The van der Waals surface area contributed by atoms with Gasteiger partial charge in [-0.1, -0.05) is 86.9 Å². The summed E-state index contributed by atoms with van der Waals surface area (Å²) >= 11 is 0. The van der Waals surface area contributed by atoms with Crippen molar-refractivity contribution in [3.63, 3.8) is 0 Å². The standard InChI is InChI=1S/C28H35N/c1-3-5-17-27(22-12-7-6-8-13-22)29-21-28(18-4-2)19-11-16-25-24-15-10-9-14-23(24)20-26(25)28/h4,6-10,12-15,21,25-27H,2-3,5,11,16-20H2,1H3/t25-,26+,27?,28+/m0/s1. The van der Waals surface area contributed by atoms with Crippen LogP contribution in [0, 0.1) is 11.3 Å². The molecule has 2 aromatic carbocycles. The average Bonchev–Trinajstić information content (AvgIpc) is 3.15. The van der Waals surface area contributed by atoms with Crippen LogP contribution in [0.4, 0.5) is 0 Å². The Hall–Kier alpha value is -2.15. The molecule has 4 atom stereocenters. The molecule has 0 spiro atoms. The molecule has 2 aliphatic rings. The van der Waals surface area contributed by atoms with E-state index in [9.17, 15) is 0 Å². The first-order valence-electron chi connectivity index (χ1n) is 11.6. The van der Waals surface area contributed by atoms with Gasteiger partial charge < -0.3 is 0 Å². The number of aliphatic imine (C=N–C) groups is 1. The predicted molar refractivity (Wildman–Crippen MR) is 125 cm³/mol. The van der Waals surface area contributed by atoms with Crippen LogP contribution in [0.5, 0.6) is 0 Å². The number of hydrogen-bond donors (Lipinski definition) is 0. The maximum Gasteiger partial charge on any atom is 0.0745 e. The van der Waals surface area contributed by atoms with Gasteiger partial charge in [-0.25, -0.2) is 0 Å². The molecule has 0 saturated heterocycles. The highest BCUT2D eigenvalue weighted by Crippen LogP contribution is 2.56. The minimum absolute atomic E-state index is 0.156. The summed E-state index contributed by atoms with van der Waals surface area (Å²) in [4.78, 5) is 5.30. The SMILES string of the molecule is C=CC[C@]1(C=NC(CCCC)c2ccccc2)CCC[C@H]2c3ccccc3C[C@H]21. The zero-order valence-electron chi connectivity index (χ0n) is 17.9. The van der Waals surface area contributed by atoms with E-state index in [0.717, 1.165) is 12.8 Å². The fraction of sp³-hybridized carbons (Fsp3) is 0.464. The highest BCUT2D eigenvalue weighted by Gasteiger charge is 2.47. The Morgan fingerprint density at radius 2 is 1.93 bits per heavy atom. The van der Waals surface area contributed by atoms with Gasteiger partial charge in [0.05, 0.1) is 6.04 Å². The number of allylic oxidation sites excluding steroid dienone is 1. The maximum atomic E-state index is 5.30. The molecule has 0 amide bonds. The van der Waals surface area contributed by atoms with Gasteiger partial charge in [0, 0.05) is 11.6 Å². The van der Waals surface area contributed by atoms with Gasteiger partial charge in [-0.3, -0.25) is 4.99 Å². The van der Waals surface area contributed by atoms with Gasteiger partial charge in [-0.05, 0) is 60.6 Å². The smallest absolute Gasteiger partial charge is 0.0745 e. The molecule has 2 aliphatic carbocycles. The van der Waals surface area contributed by atoms with Gasteiger partial charge in [0.2, 0.25) is 0 Å². The summed E-state index contributed by atoms with van der Waals surface area (Å²) < 4.78 is 0. The van der Waals surface area contributed by atoms with E-state index in [1.54, 1.807) is 11.1 Å². The molecule has 0 bridgehead atoms. The lowest BCUT2D eigenvalue weighted by molar-refractivity contribution is 0.165. The van der Waals surface area contributed by atoms with Crippen molar-refractivity contribution in [2.45, 2.75) is 70.3 Å². The lowest BCUT2D eigenvalue weighted by Gasteiger charge is -2.43. The van der Waals surface area contributed by atoms with E-state index in [0.29, 0.717) is 11.8 Å². The Kier molecular flexibility index (Phi) is 6.33. The van der Waals surface area contributed by atoms with Crippen LogP contribution < -0.4 is 0 Å². The topological polar surface area (TPSA) is 12.4 Å². The highest BCUT2D eigenvalue weighted by molar-refractivity contribution is 5.68. The number of unbranched alkanes of at least 4 members (excludes halogenated alkanes) is 1. The lowest BCUT2D eigenvalue weighted by Crippen LogP contribution is -2.38. The van der Waals surface area contributed by atoms with Crippen LogP contribution in [0.25, 0.3) is 0 Å². The molecule has 0 N–H and O–H groups in total. The quantitative estimate of drug-likeness (QED) is 0.326. The lowest BCUT2D eigenvalue weighted by atomic mass is 9.61. The molecule has 0 radical (unpaired) electrons. The van der Waals surface area contributed by atoms with Gasteiger partial charge >= 0.3 is 0 Å². The molecular formula is C28H35N. The Bertz CT molecular complexity index is 836. The average molecular weight is 386 g/mol. The molecule has 1 nitrogen and oxygen atoms in total. The molecule has 1 heteroatoms. The molecule has 152 valence electrons. The van der Waals surface area contributed by atoms with E-state index in [1.165, 1.54) is 44.1 Å². The van der Waals surface area contributed by atoms with Crippen molar-refractivity contribution in [3.8, 4) is 0 Å². The molecule has 4 rings (SSSR count). The van der Waals surface area contributed by atoms with E-state index >= 15 is 0 Å². The second-order valence-corrected chi connectivity index (χ2v) is 9.08. The fourth-order valence-electron chi connectivity index (χ4n) is 5.85. The predicted octanol–water partition coefficient (Wildman–Crippen LogP) is 7.69. The van der Waals surface area contributed by atoms with Gasteiger partial charge in [-0.15, -0.1) is 6.58 Å². The highest BCUT2D eigenvalue weighted by atomic mass is 14.8. The zero-order chi connectivity index (χ0) is 20.1. The van der Waals surface area contributed by atoms with Crippen LogP contribution in [-0.2, 0) is 6.42 Å². The Balaban J connectivity index is 1.65. The summed E-state index contributed by atoms with van der Waals surface area (Å²) in [6, 6.07) is 20.3. The van der Waals surface area contributed by atoms with Crippen molar-refractivity contribution in [3.05, 3.63) is 83.9 Å². The minimum Gasteiger partial charge on any atom is -0.289 e. The van der Waals surface area contributed by atoms with Crippen LogP contribution in [0.1, 0.15) is 80.5 Å². The first-order valence-corrected chi connectivity index (χ1v) is 11.6. The molecule has 0 aromatic heterocycles. The van der Waals surface area contributed by atoms with E-state index in [1.807, 2.05) is 0 Å². The Labute approximate surface area is 177 Å². The van der Waals surface area contributed by atoms with E-state index < -0.39 is 0 Å². The second kappa shape index (κ2) is 9.11. The second-order valence-electron chi connectivity index (χ2n) is 9.08. The zero-order valence-corrected chi connectivity index (χ0v) is 17.9.